The maximum Gasteiger partial charge on any atom is 0.321 e. The molecule has 2 aromatic carbocycles. The molecule has 0 aliphatic rings. The summed E-state index contributed by atoms with van der Waals surface area (Å²) in [6.07, 6.45) is -0.554. The summed E-state index contributed by atoms with van der Waals surface area (Å²) in [6.45, 7) is 0. The number of ether oxygens (including phenoxy) is 1. The number of carbonyl (C=O) groups is 4. The average Bonchev–Trinajstić information content (AvgIpc) is 2.69. The van der Waals surface area contributed by atoms with Crippen LogP contribution in [0.2, 0.25) is 0 Å². The largest absolute Gasteiger partial charge is 0.481 e. The molecule has 0 aliphatic heterocycles. The molecule has 2 atom stereocenters. The first kappa shape index (κ1) is 21.8. The monoisotopic (exact) mass is 398 g/mol. The Morgan fingerprint density at radius 1 is 0.655 bits per heavy atom. The Hall–Kier alpha value is -3.48. The highest BCUT2D eigenvalue weighted by molar-refractivity contribution is 5.92. The third kappa shape index (κ3) is 6.88. The van der Waals surface area contributed by atoms with Crippen LogP contribution in [0.15, 0.2) is 60.7 Å². The number of carbonyl (C=O) groups excluding carboxylic acids is 2. The summed E-state index contributed by atoms with van der Waals surface area (Å²) in [6, 6.07) is 17.0. The predicted octanol–water partition coefficient (Wildman–Crippen LogP) is 3.35. The van der Waals surface area contributed by atoms with Gasteiger partial charge < -0.3 is 14.9 Å². The van der Waals surface area contributed by atoms with Crippen molar-refractivity contribution in [2.45, 2.75) is 37.5 Å². The molecular formula is C22H22O7. The van der Waals surface area contributed by atoms with Crippen LogP contribution in [-0.2, 0) is 23.9 Å². The number of benzene rings is 2. The highest BCUT2D eigenvalue weighted by Gasteiger charge is 2.30. The van der Waals surface area contributed by atoms with Crippen molar-refractivity contribution in [1.29, 1.82) is 0 Å². The van der Waals surface area contributed by atoms with Crippen molar-refractivity contribution in [2.24, 2.45) is 0 Å². The molecule has 0 saturated heterocycles. The average molecular weight is 398 g/mol. The van der Waals surface area contributed by atoms with Crippen molar-refractivity contribution in [2.75, 3.05) is 0 Å². The normalized spacial score (nSPS) is 12.6. The maximum atomic E-state index is 12.7. The molecule has 0 bridgehead atoms. The summed E-state index contributed by atoms with van der Waals surface area (Å²) in [5, 5.41) is 17.9. The lowest BCUT2D eigenvalue weighted by Crippen LogP contribution is -2.25. The zero-order valence-corrected chi connectivity index (χ0v) is 15.7. The molecule has 0 radical (unpaired) electrons. The minimum Gasteiger partial charge on any atom is -0.481 e. The van der Waals surface area contributed by atoms with E-state index in [1.807, 2.05) is 0 Å². The minimum absolute atomic E-state index is 0.0173. The lowest BCUT2D eigenvalue weighted by Gasteiger charge is -2.18. The second-order valence-corrected chi connectivity index (χ2v) is 6.53. The third-order valence-electron chi connectivity index (χ3n) is 4.47. The minimum atomic E-state index is -1.06. The van der Waals surface area contributed by atoms with E-state index in [0.29, 0.717) is 11.1 Å². The van der Waals surface area contributed by atoms with Crippen LogP contribution in [0, 0.1) is 0 Å². The molecule has 0 saturated carbocycles. The first-order chi connectivity index (χ1) is 13.9. The smallest absolute Gasteiger partial charge is 0.321 e. The van der Waals surface area contributed by atoms with E-state index in [9.17, 15) is 19.2 Å². The molecule has 0 spiro atoms. The van der Waals surface area contributed by atoms with E-state index < -0.39 is 35.7 Å². The van der Waals surface area contributed by atoms with Crippen LogP contribution in [0.5, 0.6) is 0 Å². The van der Waals surface area contributed by atoms with E-state index in [-0.39, 0.29) is 25.7 Å². The molecular weight excluding hydrogens is 376 g/mol. The van der Waals surface area contributed by atoms with Gasteiger partial charge in [-0.2, -0.15) is 0 Å². The highest BCUT2D eigenvalue weighted by atomic mass is 16.6. The van der Waals surface area contributed by atoms with E-state index in [0.717, 1.165) is 0 Å². The maximum absolute atomic E-state index is 12.7. The zero-order chi connectivity index (χ0) is 21.2. The Morgan fingerprint density at radius 2 is 1.00 bits per heavy atom. The van der Waals surface area contributed by atoms with Gasteiger partial charge in [0.15, 0.2) is 0 Å². The Bertz CT molecular complexity index is 774. The van der Waals surface area contributed by atoms with Gasteiger partial charge in [0.1, 0.15) is 0 Å². The molecule has 2 rings (SSSR count). The van der Waals surface area contributed by atoms with Crippen molar-refractivity contribution < 1.29 is 34.1 Å². The van der Waals surface area contributed by atoms with Crippen molar-refractivity contribution in [3.05, 3.63) is 71.8 Å². The summed E-state index contributed by atoms with van der Waals surface area (Å²) in [5.74, 6) is -5.64. The van der Waals surface area contributed by atoms with Gasteiger partial charge in [-0.1, -0.05) is 60.7 Å². The summed E-state index contributed by atoms with van der Waals surface area (Å²) in [5.41, 5.74) is 1.10. The van der Waals surface area contributed by atoms with Crippen molar-refractivity contribution >= 4 is 23.9 Å². The van der Waals surface area contributed by atoms with E-state index in [4.69, 9.17) is 14.9 Å². The Morgan fingerprint density at radius 3 is 1.31 bits per heavy atom. The lowest BCUT2D eigenvalue weighted by atomic mass is 9.93. The molecule has 7 nitrogen and oxygen atoms in total. The van der Waals surface area contributed by atoms with Crippen LogP contribution >= 0.6 is 0 Å². The quantitative estimate of drug-likeness (QED) is 0.465. The van der Waals surface area contributed by atoms with E-state index >= 15 is 0 Å². The molecule has 152 valence electrons. The fraction of sp³-hybridized carbons (Fsp3) is 0.273. The summed E-state index contributed by atoms with van der Waals surface area (Å²) in [7, 11) is 0. The van der Waals surface area contributed by atoms with Crippen LogP contribution < -0.4 is 0 Å². The highest BCUT2D eigenvalue weighted by Crippen LogP contribution is 2.27. The van der Waals surface area contributed by atoms with Gasteiger partial charge in [-0.3, -0.25) is 19.2 Å². The van der Waals surface area contributed by atoms with Gasteiger partial charge in [-0.25, -0.2) is 0 Å². The van der Waals surface area contributed by atoms with Gasteiger partial charge in [0.25, 0.3) is 0 Å². The number of aliphatic carboxylic acids is 2. The molecule has 0 amide bonds. The second kappa shape index (κ2) is 10.8. The van der Waals surface area contributed by atoms with Gasteiger partial charge in [0.2, 0.25) is 0 Å². The van der Waals surface area contributed by atoms with E-state index in [1.165, 1.54) is 0 Å². The molecule has 0 fully saturated rings. The molecule has 2 unspecified atom stereocenters. The van der Waals surface area contributed by atoms with Crippen LogP contribution in [0.4, 0.5) is 0 Å². The fourth-order valence-electron chi connectivity index (χ4n) is 2.99. The number of carboxylic acid groups (broad SMARTS) is 2. The number of hydrogen-bond donors (Lipinski definition) is 2. The first-order valence-corrected chi connectivity index (χ1v) is 9.17. The van der Waals surface area contributed by atoms with Crippen LogP contribution in [0.1, 0.15) is 48.6 Å². The second-order valence-electron chi connectivity index (χ2n) is 6.53. The molecule has 0 aromatic heterocycles. The van der Waals surface area contributed by atoms with E-state index in [2.05, 4.69) is 0 Å². The Kier molecular flexibility index (Phi) is 8.09. The molecule has 2 aromatic rings. The van der Waals surface area contributed by atoms with Crippen LogP contribution in [-0.4, -0.2) is 34.1 Å². The fourth-order valence-corrected chi connectivity index (χ4v) is 2.99. The summed E-state index contributed by atoms with van der Waals surface area (Å²) >= 11 is 0. The van der Waals surface area contributed by atoms with E-state index in [1.54, 1.807) is 60.7 Å². The van der Waals surface area contributed by atoms with Crippen LogP contribution in [0.25, 0.3) is 0 Å². The molecule has 0 aliphatic carbocycles. The number of carboxylic acids is 2. The SMILES string of the molecule is O=C(O)CCC(C(=O)OC(=O)C(CCC(=O)O)c1ccccc1)c1ccccc1. The van der Waals surface area contributed by atoms with Gasteiger partial charge in [-0.05, 0) is 24.0 Å². The molecule has 7 heteroatoms. The predicted molar refractivity (Wildman–Crippen MR) is 103 cm³/mol. The lowest BCUT2D eigenvalue weighted by molar-refractivity contribution is -0.162. The van der Waals surface area contributed by atoms with Crippen molar-refractivity contribution in [3.63, 3.8) is 0 Å². The van der Waals surface area contributed by atoms with Gasteiger partial charge >= 0.3 is 23.9 Å². The molecule has 0 heterocycles. The van der Waals surface area contributed by atoms with Gasteiger partial charge in [-0.15, -0.1) is 0 Å². The number of hydrogen-bond acceptors (Lipinski definition) is 5. The topological polar surface area (TPSA) is 118 Å². The summed E-state index contributed by atoms with van der Waals surface area (Å²) in [4.78, 5) is 47.3. The van der Waals surface area contributed by atoms with Crippen LogP contribution in [0.3, 0.4) is 0 Å². The molecule has 2 N–H and O–H groups in total. The number of rotatable bonds is 10. The van der Waals surface area contributed by atoms with Crippen molar-refractivity contribution in [1.82, 2.24) is 0 Å². The Balaban J connectivity index is 2.19. The van der Waals surface area contributed by atoms with Crippen molar-refractivity contribution in [3.8, 4) is 0 Å². The van der Waals surface area contributed by atoms with Gasteiger partial charge in [0.05, 0.1) is 11.8 Å². The summed E-state index contributed by atoms with van der Waals surface area (Å²) < 4.78 is 5.08. The van der Waals surface area contributed by atoms with Gasteiger partial charge in [0, 0.05) is 12.8 Å². The Labute approximate surface area is 167 Å². The zero-order valence-electron chi connectivity index (χ0n) is 15.7. The number of esters is 2. The first-order valence-electron chi connectivity index (χ1n) is 9.17. The third-order valence-corrected chi connectivity index (χ3v) is 4.47. The standard InChI is InChI=1S/C22H22O7/c23-19(24)13-11-17(15-7-3-1-4-8-15)21(27)29-22(28)18(12-14-20(25)26)16-9-5-2-6-10-16/h1-10,17-18H,11-14H2,(H,23,24)(H,25,26). The molecule has 29 heavy (non-hydrogen) atoms.